The van der Waals surface area contributed by atoms with E-state index in [9.17, 15) is 0 Å². The Bertz CT molecular complexity index is 4400. The number of rotatable bonds is 9. The van der Waals surface area contributed by atoms with Gasteiger partial charge in [-0.2, -0.15) is 0 Å². The Labute approximate surface area is 430 Å². The highest BCUT2D eigenvalue weighted by Crippen LogP contribution is 2.46. The van der Waals surface area contributed by atoms with E-state index in [1.165, 1.54) is 98.6 Å². The fourth-order valence-electron chi connectivity index (χ4n) is 11.5. The molecule has 2 nitrogen and oxygen atoms in total. The summed E-state index contributed by atoms with van der Waals surface area (Å²) >= 11 is 0. The van der Waals surface area contributed by atoms with Crippen LogP contribution in [0.1, 0.15) is 0 Å². The molecule has 14 aromatic rings. The van der Waals surface area contributed by atoms with Crippen LogP contribution in [0.2, 0.25) is 0 Å². The summed E-state index contributed by atoms with van der Waals surface area (Å²) in [5.41, 5.74) is 18.7. The molecule has 0 amide bonds. The lowest BCUT2D eigenvalue weighted by atomic mass is 9.84. The Morgan fingerprint density at radius 2 is 0.676 bits per heavy atom. The molecule has 0 radical (unpaired) electrons. The molecule has 0 aliphatic rings. The highest BCUT2D eigenvalue weighted by atomic mass is 15.1. The van der Waals surface area contributed by atoms with E-state index in [1.54, 1.807) is 0 Å². The van der Waals surface area contributed by atoms with E-state index in [2.05, 4.69) is 301 Å². The van der Waals surface area contributed by atoms with Crippen LogP contribution < -0.4 is 4.90 Å². The van der Waals surface area contributed by atoms with Crippen molar-refractivity contribution in [3.63, 3.8) is 0 Å². The van der Waals surface area contributed by atoms with Gasteiger partial charge in [0.15, 0.2) is 0 Å². The number of fused-ring (bicyclic) bond motifs is 7. The average molecular weight is 941 g/mol. The van der Waals surface area contributed by atoms with Crippen molar-refractivity contribution in [1.29, 1.82) is 0 Å². The number of anilines is 3. The molecule has 0 atom stereocenters. The third kappa shape index (κ3) is 7.52. The topological polar surface area (TPSA) is 8.17 Å². The molecule has 74 heavy (non-hydrogen) atoms. The van der Waals surface area contributed by atoms with Gasteiger partial charge in [0.05, 0.1) is 11.0 Å². The van der Waals surface area contributed by atoms with Crippen LogP contribution in [0.25, 0.3) is 115 Å². The Kier molecular flexibility index (Phi) is 10.6. The monoisotopic (exact) mass is 940 g/mol. The summed E-state index contributed by atoms with van der Waals surface area (Å²) in [6.45, 7) is 0. The van der Waals surface area contributed by atoms with Gasteiger partial charge in [-0.15, -0.1) is 0 Å². The minimum atomic E-state index is 1.08. The lowest BCUT2D eigenvalue weighted by Gasteiger charge is -2.27. The van der Waals surface area contributed by atoms with E-state index in [4.69, 9.17) is 0 Å². The van der Waals surface area contributed by atoms with Gasteiger partial charge in [-0.05, 0) is 167 Å². The average Bonchev–Trinajstić information content (AvgIpc) is 3.84. The van der Waals surface area contributed by atoms with E-state index < -0.39 is 0 Å². The van der Waals surface area contributed by atoms with Gasteiger partial charge in [0.2, 0.25) is 0 Å². The number of hydrogen-bond acceptors (Lipinski definition) is 1. The second-order valence-corrected chi connectivity index (χ2v) is 19.3. The minimum absolute atomic E-state index is 1.08. The first-order valence-corrected chi connectivity index (χ1v) is 25.5. The van der Waals surface area contributed by atoms with Crippen LogP contribution in [0.15, 0.2) is 291 Å². The van der Waals surface area contributed by atoms with Gasteiger partial charge in [0.25, 0.3) is 0 Å². The van der Waals surface area contributed by atoms with Gasteiger partial charge < -0.3 is 9.47 Å². The quantitative estimate of drug-likeness (QED) is 0.131. The summed E-state index contributed by atoms with van der Waals surface area (Å²) in [4.78, 5) is 2.41. The molecule has 0 aliphatic carbocycles. The van der Waals surface area contributed by atoms with Crippen molar-refractivity contribution in [3.8, 4) is 61.3 Å². The Morgan fingerprint density at radius 1 is 0.216 bits per heavy atom. The molecule has 0 unspecified atom stereocenters. The molecule has 0 spiro atoms. The predicted octanol–water partition coefficient (Wildman–Crippen LogP) is 20.0. The maximum atomic E-state index is 2.41. The SMILES string of the molecule is c1ccc(-c2c(-c3ccccc3)c3cc(-c4ccc(N(c5cccc(-c6ccc7ccccc7c6)c5)c5cccc(-c6ccc7c(c6)c6ccccc6n7-c6ccccc6)c5)cc4)ccc3c3ccccc23)cc1. The van der Waals surface area contributed by atoms with Crippen molar-refractivity contribution < 1.29 is 0 Å². The van der Waals surface area contributed by atoms with Crippen LogP contribution in [0.3, 0.4) is 0 Å². The van der Waals surface area contributed by atoms with Crippen molar-refractivity contribution in [2.75, 3.05) is 4.90 Å². The molecule has 346 valence electrons. The van der Waals surface area contributed by atoms with Crippen LogP contribution in [-0.4, -0.2) is 4.57 Å². The molecular formula is C72H48N2. The molecule has 0 bridgehead atoms. The van der Waals surface area contributed by atoms with Gasteiger partial charge in [-0.25, -0.2) is 0 Å². The van der Waals surface area contributed by atoms with Crippen molar-refractivity contribution >= 4 is 71.2 Å². The molecule has 2 heteroatoms. The summed E-state index contributed by atoms with van der Waals surface area (Å²) in [6, 6.07) is 107. The Hall–Kier alpha value is -9.76. The van der Waals surface area contributed by atoms with Crippen LogP contribution in [-0.2, 0) is 0 Å². The molecule has 0 aliphatic heterocycles. The standard InChI is InChI=1S/C72H48N2/c1-4-19-51(20-5-1)71-66-32-13-12-30-63(66)64-42-38-57(48-68(64)72(71)52-21-6-2-7-22-52)50-36-40-60(41-37-50)73(61-28-16-24-54(45-61)56-35-34-49-18-10-11-23-53(49)44-56)62-29-17-25-55(46-62)58-39-43-70-67(47-58)65-31-14-15-33-69(65)74(70)59-26-8-3-9-27-59/h1-48H. The smallest absolute Gasteiger partial charge is 0.0541 e. The van der Waals surface area contributed by atoms with Gasteiger partial charge in [-0.1, -0.05) is 212 Å². The molecule has 0 N–H and O–H groups in total. The number of aromatic nitrogens is 1. The summed E-state index contributed by atoms with van der Waals surface area (Å²) < 4.78 is 2.38. The second-order valence-electron chi connectivity index (χ2n) is 19.3. The number of para-hydroxylation sites is 2. The summed E-state index contributed by atoms with van der Waals surface area (Å²) in [7, 11) is 0. The third-order valence-electron chi connectivity index (χ3n) is 14.9. The van der Waals surface area contributed by atoms with Gasteiger partial charge in [-0.3, -0.25) is 0 Å². The van der Waals surface area contributed by atoms with E-state index in [-0.39, 0.29) is 0 Å². The number of nitrogens with zero attached hydrogens (tertiary/aromatic N) is 2. The van der Waals surface area contributed by atoms with E-state index in [1.807, 2.05) is 0 Å². The van der Waals surface area contributed by atoms with E-state index in [0.717, 1.165) is 33.9 Å². The number of benzene rings is 13. The molecule has 14 rings (SSSR count). The molecular weight excluding hydrogens is 893 g/mol. The molecule has 1 aromatic heterocycles. The van der Waals surface area contributed by atoms with Crippen molar-refractivity contribution in [2.24, 2.45) is 0 Å². The largest absolute Gasteiger partial charge is 0.310 e. The summed E-state index contributed by atoms with van der Waals surface area (Å²) in [5.74, 6) is 0. The first-order valence-electron chi connectivity index (χ1n) is 25.5. The van der Waals surface area contributed by atoms with E-state index >= 15 is 0 Å². The molecule has 1 heterocycles. The van der Waals surface area contributed by atoms with Crippen LogP contribution in [0.4, 0.5) is 17.1 Å². The van der Waals surface area contributed by atoms with Gasteiger partial charge in [0.1, 0.15) is 0 Å². The molecule has 0 saturated carbocycles. The summed E-state index contributed by atoms with van der Waals surface area (Å²) in [5, 5.41) is 9.94. The van der Waals surface area contributed by atoms with Crippen LogP contribution >= 0.6 is 0 Å². The molecule has 0 fully saturated rings. The zero-order chi connectivity index (χ0) is 49.0. The van der Waals surface area contributed by atoms with Crippen LogP contribution in [0, 0.1) is 0 Å². The van der Waals surface area contributed by atoms with Crippen LogP contribution in [0.5, 0.6) is 0 Å². The number of hydrogen-bond donors (Lipinski definition) is 0. The maximum Gasteiger partial charge on any atom is 0.0541 e. The first kappa shape index (κ1) is 43.1. The second kappa shape index (κ2) is 18.1. The fraction of sp³-hybridized carbons (Fsp3) is 0. The Morgan fingerprint density at radius 3 is 1.38 bits per heavy atom. The predicted molar refractivity (Wildman–Crippen MR) is 315 cm³/mol. The zero-order valence-electron chi connectivity index (χ0n) is 40.6. The highest BCUT2D eigenvalue weighted by molar-refractivity contribution is 6.22. The Balaban J connectivity index is 0.907. The minimum Gasteiger partial charge on any atom is -0.310 e. The molecule has 13 aromatic carbocycles. The van der Waals surface area contributed by atoms with Crippen molar-refractivity contribution in [3.05, 3.63) is 291 Å². The van der Waals surface area contributed by atoms with Gasteiger partial charge in [0, 0.05) is 33.5 Å². The van der Waals surface area contributed by atoms with Crippen molar-refractivity contribution in [2.45, 2.75) is 0 Å². The van der Waals surface area contributed by atoms with Gasteiger partial charge >= 0.3 is 0 Å². The maximum absolute atomic E-state index is 2.41. The van der Waals surface area contributed by atoms with Crippen molar-refractivity contribution in [1.82, 2.24) is 4.57 Å². The van der Waals surface area contributed by atoms with E-state index in [0.29, 0.717) is 0 Å². The lowest BCUT2D eigenvalue weighted by Crippen LogP contribution is -2.10. The third-order valence-corrected chi connectivity index (χ3v) is 14.9. The highest BCUT2D eigenvalue weighted by Gasteiger charge is 2.20. The molecule has 0 saturated heterocycles. The summed E-state index contributed by atoms with van der Waals surface area (Å²) in [6.07, 6.45) is 0. The normalized spacial score (nSPS) is 11.5. The lowest BCUT2D eigenvalue weighted by molar-refractivity contribution is 1.18. The zero-order valence-corrected chi connectivity index (χ0v) is 40.6. The first-order chi connectivity index (χ1) is 36.7. The fourth-order valence-corrected chi connectivity index (χ4v) is 11.5.